The van der Waals surface area contributed by atoms with E-state index in [4.69, 9.17) is 10.2 Å². The highest BCUT2D eigenvalue weighted by atomic mass is 32.2. The van der Waals surface area contributed by atoms with Crippen LogP contribution in [0.1, 0.15) is 36.2 Å². The summed E-state index contributed by atoms with van der Waals surface area (Å²) < 4.78 is 70.2. The number of amides is 2. The minimum Gasteiger partial charge on any atom is -0.438 e. The third kappa shape index (κ3) is 4.58. The molecule has 0 spiro atoms. The fourth-order valence-corrected chi connectivity index (χ4v) is 5.17. The van der Waals surface area contributed by atoms with Gasteiger partial charge in [0.1, 0.15) is 0 Å². The highest BCUT2D eigenvalue weighted by Gasteiger charge is 2.44. The molecule has 0 radical (unpaired) electrons. The van der Waals surface area contributed by atoms with Gasteiger partial charge in [-0.1, -0.05) is 6.42 Å². The van der Waals surface area contributed by atoms with Crippen LogP contribution >= 0.6 is 0 Å². The topological polar surface area (TPSA) is 114 Å². The second-order valence-electron chi connectivity index (χ2n) is 7.31. The van der Waals surface area contributed by atoms with E-state index >= 15 is 0 Å². The predicted octanol–water partition coefficient (Wildman–Crippen LogP) is 1.58. The lowest BCUT2D eigenvalue weighted by Gasteiger charge is -2.37. The molecule has 0 unspecified atom stereocenters. The fraction of sp³-hybridized carbons (Fsp3) is 0.647. The highest BCUT2D eigenvalue weighted by Crippen LogP contribution is 2.40. The summed E-state index contributed by atoms with van der Waals surface area (Å²) in [4.78, 5) is 25.2. The number of carbonyl (C=O) groups is 2. The standard InChI is InChI=1S/C17H22F3N3O5S/c18-17(19,20)12-3-1-2-11(10-12)16(25)22-6-8-23(9-7-22)29(26,27)14-5-4-13(28-14)15(21)24/h4-5,11-12H,1-3,6-10H2,(H2,21,24)/t11-,12+/m1/s1. The van der Waals surface area contributed by atoms with Crippen LogP contribution in [0.4, 0.5) is 13.2 Å². The Bertz CT molecular complexity index is 875. The second kappa shape index (κ2) is 7.98. The number of primary amides is 1. The van der Waals surface area contributed by atoms with Crippen molar-refractivity contribution in [2.45, 2.75) is 37.0 Å². The van der Waals surface area contributed by atoms with Gasteiger partial charge in [-0.15, -0.1) is 0 Å². The van der Waals surface area contributed by atoms with E-state index in [2.05, 4.69) is 0 Å². The molecular weight excluding hydrogens is 415 g/mol. The number of furan rings is 1. The maximum atomic E-state index is 13.0. The Morgan fingerprint density at radius 2 is 1.76 bits per heavy atom. The zero-order valence-electron chi connectivity index (χ0n) is 15.5. The maximum absolute atomic E-state index is 13.0. The van der Waals surface area contributed by atoms with Gasteiger partial charge in [-0.2, -0.15) is 17.5 Å². The molecule has 2 amide bonds. The van der Waals surface area contributed by atoms with Crippen LogP contribution in [0.5, 0.6) is 0 Å². The molecule has 1 aliphatic heterocycles. The average molecular weight is 437 g/mol. The van der Waals surface area contributed by atoms with Gasteiger partial charge in [0.2, 0.25) is 11.0 Å². The molecule has 1 aliphatic carbocycles. The Kier molecular flexibility index (Phi) is 5.95. The molecule has 1 saturated heterocycles. The SMILES string of the molecule is NC(=O)c1ccc(S(=O)(=O)N2CCN(C(=O)[C@@H]3CCC[C@H](C(F)(F)F)C3)CC2)o1. The first kappa shape index (κ1) is 21.6. The number of sulfonamides is 1. The molecule has 162 valence electrons. The lowest BCUT2D eigenvalue weighted by molar-refractivity contribution is -0.187. The van der Waals surface area contributed by atoms with Crippen LogP contribution in [0.3, 0.4) is 0 Å². The molecule has 2 aliphatic rings. The zero-order chi connectivity index (χ0) is 21.4. The summed E-state index contributed by atoms with van der Waals surface area (Å²) in [5.74, 6) is -3.70. The Morgan fingerprint density at radius 3 is 2.31 bits per heavy atom. The van der Waals surface area contributed by atoms with Gasteiger partial charge in [-0.05, 0) is 31.4 Å². The molecule has 1 saturated carbocycles. The average Bonchev–Trinajstić information content (AvgIpc) is 3.18. The third-order valence-corrected chi connectivity index (χ3v) is 7.23. The Labute approximate surface area is 165 Å². The summed E-state index contributed by atoms with van der Waals surface area (Å²) in [6.45, 7) is 0.120. The summed E-state index contributed by atoms with van der Waals surface area (Å²) in [5, 5.41) is -0.425. The summed E-state index contributed by atoms with van der Waals surface area (Å²) >= 11 is 0. The lowest BCUT2D eigenvalue weighted by Crippen LogP contribution is -2.52. The van der Waals surface area contributed by atoms with Crippen LogP contribution in [0.15, 0.2) is 21.6 Å². The molecule has 2 atom stereocenters. The van der Waals surface area contributed by atoms with Crippen LogP contribution < -0.4 is 5.73 Å². The van der Waals surface area contributed by atoms with E-state index in [1.54, 1.807) is 0 Å². The van der Waals surface area contributed by atoms with Crippen molar-refractivity contribution in [1.82, 2.24) is 9.21 Å². The first-order valence-corrected chi connectivity index (χ1v) is 10.7. The van der Waals surface area contributed by atoms with Gasteiger partial charge in [0.05, 0.1) is 5.92 Å². The van der Waals surface area contributed by atoms with Gasteiger partial charge in [0, 0.05) is 32.1 Å². The lowest BCUT2D eigenvalue weighted by atomic mass is 9.80. The minimum atomic E-state index is -4.31. The van der Waals surface area contributed by atoms with Crippen molar-refractivity contribution in [1.29, 1.82) is 0 Å². The normalized spacial score (nSPS) is 24.4. The predicted molar refractivity (Wildman–Crippen MR) is 94.1 cm³/mol. The molecule has 3 rings (SSSR count). The van der Waals surface area contributed by atoms with Gasteiger partial charge in [-0.3, -0.25) is 9.59 Å². The van der Waals surface area contributed by atoms with Crippen molar-refractivity contribution >= 4 is 21.8 Å². The molecule has 8 nitrogen and oxygen atoms in total. The Balaban J connectivity index is 1.61. The number of hydrogen-bond donors (Lipinski definition) is 1. The largest absolute Gasteiger partial charge is 0.438 e. The maximum Gasteiger partial charge on any atom is 0.391 e. The quantitative estimate of drug-likeness (QED) is 0.768. The summed E-state index contributed by atoms with van der Waals surface area (Å²) in [6, 6.07) is 2.29. The first-order valence-electron chi connectivity index (χ1n) is 9.25. The molecule has 1 aromatic heterocycles. The van der Waals surface area contributed by atoms with Crippen LogP contribution in [0.2, 0.25) is 0 Å². The van der Waals surface area contributed by atoms with E-state index in [1.165, 1.54) is 4.90 Å². The van der Waals surface area contributed by atoms with E-state index < -0.39 is 39.0 Å². The van der Waals surface area contributed by atoms with Crippen molar-refractivity contribution in [3.63, 3.8) is 0 Å². The Morgan fingerprint density at radius 1 is 1.10 bits per heavy atom. The van der Waals surface area contributed by atoms with Crippen LogP contribution in [0.25, 0.3) is 0 Å². The number of halogens is 3. The van der Waals surface area contributed by atoms with E-state index in [9.17, 15) is 31.2 Å². The summed E-state index contributed by atoms with van der Waals surface area (Å²) in [6.07, 6.45) is -3.74. The smallest absolute Gasteiger partial charge is 0.391 e. The van der Waals surface area contributed by atoms with Crippen molar-refractivity contribution in [3.05, 3.63) is 17.9 Å². The number of piperazine rings is 1. The number of hydrogen-bond acceptors (Lipinski definition) is 5. The second-order valence-corrected chi connectivity index (χ2v) is 9.18. The van der Waals surface area contributed by atoms with Gasteiger partial charge in [-0.25, -0.2) is 8.42 Å². The Hall–Kier alpha value is -2.08. The van der Waals surface area contributed by atoms with Crippen LogP contribution in [-0.2, 0) is 14.8 Å². The van der Waals surface area contributed by atoms with Gasteiger partial charge in [0.25, 0.3) is 15.9 Å². The zero-order valence-corrected chi connectivity index (χ0v) is 16.3. The van der Waals surface area contributed by atoms with E-state index in [1.807, 2.05) is 0 Å². The molecule has 2 N–H and O–H groups in total. The van der Waals surface area contributed by atoms with Crippen molar-refractivity contribution in [2.75, 3.05) is 26.2 Å². The monoisotopic (exact) mass is 437 g/mol. The van der Waals surface area contributed by atoms with Crippen molar-refractivity contribution in [2.24, 2.45) is 17.6 Å². The van der Waals surface area contributed by atoms with E-state index in [-0.39, 0.29) is 50.7 Å². The number of carbonyl (C=O) groups excluding carboxylic acids is 2. The number of alkyl halides is 3. The summed E-state index contributed by atoms with van der Waals surface area (Å²) in [5.41, 5.74) is 5.05. The third-order valence-electron chi connectivity index (χ3n) is 5.46. The van der Waals surface area contributed by atoms with Gasteiger partial charge >= 0.3 is 6.18 Å². The molecule has 12 heteroatoms. The molecule has 2 fully saturated rings. The minimum absolute atomic E-state index is 0.0178. The van der Waals surface area contributed by atoms with Crippen LogP contribution in [-0.4, -0.2) is 61.8 Å². The molecule has 1 aromatic rings. The highest BCUT2D eigenvalue weighted by molar-refractivity contribution is 7.89. The molecular formula is C17H22F3N3O5S. The molecule has 2 heterocycles. The van der Waals surface area contributed by atoms with Gasteiger partial charge < -0.3 is 15.1 Å². The number of nitrogens with two attached hydrogens (primary N) is 1. The summed E-state index contributed by atoms with van der Waals surface area (Å²) in [7, 11) is -4.00. The molecule has 0 aromatic carbocycles. The molecule has 0 bridgehead atoms. The van der Waals surface area contributed by atoms with Gasteiger partial charge in [0.15, 0.2) is 5.76 Å². The van der Waals surface area contributed by atoms with Crippen LogP contribution in [0, 0.1) is 11.8 Å². The molecule has 29 heavy (non-hydrogen) atoms. The fourth-order valence-electron chi connectivity index (χ4n) is 3.84. The van der Waals surface area contributed by atoms with Crippen molar-refractivity contribution < 1.29 is 35.6 Å². The first-order chi connectivity index (χ1) is 13.5. The number of rotatable bonds is 4. The van der Waals surface area contributed by atoms with E-state index in [0.29, 0.717) is 12.8 Å². The number of nitrogens with zero attached hydrogens (tertiary/aromatic N) is 2. The van der Waals surface area contributed by atoms with Crippen molar-refractivity contribution in [3.8, 4) is 0 Å². The van der Waals surface area contributed by atoms with E-state index in [0.717, 1.165) is 16.4 Å².